The molecule has 0 saturated heterocycles. The van der Waals surface area contributed by atoms with Crippen LogP contribution >= 0.6 is 0 Å². The number of rotatable bonds is 8. The number of hydrogen-bond acceptors (Lipinski definition) is 4. The lowest BCUT2D eigenvalue weighted by Crippen LogP contribution is -2.44. The molecule has 168 valence electrons. The van der Waals surface area contributed by atoms with Crippen molar-refractivity contribution in [2.24, 2.45) is 0 Å². The van der Waals surface area contributed by atoms with Gasteiger partial charge in [-0.05, 0) is 43.5 Å². The summed E-state index contributed by atoms with van der Waals surface area (Å²) in [7, 11) is 0. The number of ether oxygens (including phenoxy) is 1. The van der Waals surface area contributed by atoms with Crippen LogP contribution in [0, 0.1) is 5.82 Å². The van der Waals surface area contributed by atoms with E-state index in [1.807, 2.05) is 30.3 Å². The smallest absolute Gasteiger partial charge is 0.336 e. The van der Waals surface area contributed by atoms with E-state index in [9.17, 15) is 18.8 Å². The van der Waals surface area contributed by atoms with E-state index in [0.717, 1.165) is 5.56 Å². The highest BCUT2D eigenvalue weighted by molar-refractivity contribution is 5.97. The fraction of sp³-hybridized carbons (Fsp3) is 0.320. The van der Waals surface area contributed by atoms with E-state index in [1.54, 1.807) is 26.0 Å². The Kier molecular flexibility index (Phi) is 7.76. The predicted octanol–water partition coefficient (Wildman–Crippen LogP) is 3.34. The van der Waals surface area contributed by atoms with Crippen LogP contribution in [0.1, 0.15) is 37.3 Å². The quantitative estimate of drug-likeness (QED) is 0.642. The minimum Gasteiger partial charge on any atom is -0.463 e. The van der Waals surface area contributed by atoms with Gasteiger partial charge in [0.25, 0.3) is 0 Å². The van der Waals surface area contributed by atoms with E-state index in [0.29, 0.717) is 24.2 Å². The highest BCUT2D eigenvalue weighted by Crippen LogP contribution is 2.37. The van der Waals surface area contributed by atoms with Gasteiger partial charge in [-0.2, -0.15) is 0 Å². The molecule has 7 heteroatoms. The van der Waals surface area contributed by atoms with Crippen LogP contribution in [0.5, 0.6) is 0 Å². The van der Waals surface area contributed by atoms with Crippen LogP contribution < -0.4 is 5.32 Å². The first-order valence-corrected chi connectivity index (χ1v) is 10.6. The Morgan fingerprint density at radius 1 is 1.16 bits per heavy atom. The van der Waals surface area contributed by atoms with Crippen molar-refractivity contribution in [1.29, 1.82) is 0 Å². The summed E-state index contributed by atoms with van der Waals surface area (Å²) in [5.41, 5.74) is 2.24. The third kappa shape index (κ3) is 5.60. The standard InChI is InChI=1S/C25H27FN2O4/c1-3-32-25(31)24-17(2)28(16-22(29)27-13-12-18-8-5-4-6-9-18)23(30)15-21(24)19-10-7-11-20(26)14-19/h4-11,14,21H,3,12-13,15-16H2,1-2H3,(H,27,29). The molecule has 0 bridgehead atoms. The number of nitrogens with zero attached hydrogens (tertiary/aromatic N) is 1. The maximum absolute atomic E-state index is 13.8. The summed E-state index contributed by atoms with van der Waals surface area (Å²) in [4.78, 5) is 39.4. The SMILES string of the molecule is CCOC(=O)C1=C(C)N(CC(=O)NCCc2ccccc2)C(=O)CC1c1cccc(F)c1. The van der Waals surface area contributed by atoms with Crippen LogP contribution in [0.4, 0.5) is 4.39 Å². The molecule has 0 spiro atoms. The van der Waals surface area contributed by atoms with Crippen LogP contribution in [-0.4, -0.2) is 42.4 Å². The number of allylic oxidation sites excluding steroid dienone is 1. The first kappa shape index (κ1) is 23.2. The number of halogens is 1. The molecule has 1 atom stereocenters. The summed E-state index contributed by atoms with van der Waals surface area (Å²) < 4.78 is 19.0. The Bertz CT molecular complexity index is 1020. The van der Waals surface area contributed by atoms with Crippen LogP contribution in [0.3, 0.4) is 0 Å². The Morgan fingerprint density at radius 2 is 1.91 bits per heavy atom. The molecule has 0 radical (unpaired) electrons. The lowest BCUT2D eigenvalue weighted by atomic mass is 9.83. The molecular formula is C25H27FN2O4. The molecule has 0 aliphatic carbocycles. The summed E-state index contributed by atoms with van der Waals surface area (Å²) >= 11 is 0. The Labute approximate surface area is 187 Å². The average molecular weight is 438 g/mol. The first-order chi connectivity index (χ1) is 15.4. The maximum atomic E-state index is 13.8. The minimum absolute atomic E-state index is 0.0494. The second-order valence-electron chi connectivity index (χ2n) is 7.60. The molecule has 2 aromatic carbocycles. The zero-order valence-corrected chi connectivity index (χ0v) is 18.3. The molecule has 2 aromatic rings. The summed E-state index contributed by atoms with van der Waals surface area (Å²) in [6.45, 7) is 3.71. The second kappa shape index (κ2) is 10.7. The van der Waals surface area contributed by atoms with Crippen LogP contribution in [0.25, 0.3) is 0 Å². The minimum atomic E-state index is -0.630. The van der Waals surface area contributed by atoms with Gasteiger partial charge in [0.2, 0.25) is 11.8 Å². The lowest BCUT2D eigenvalue weighted by Gasteiger charge is -2.34. The molecule has 1 aliphatic rings. The van der Waals surface area contributed by atoms with Gasteiger partial charge in [0.1, 0.15) is 12.4 Å². The van der Waals surface area contributed by atoms with Crippen LogP contribution in [0.15, 0.2) is 65.9 Å². The molecule has 0 aromatic heterocycles. The molecule has 3 rings (SSSR count). The van der Waals surface area contributed by atoms with Gasteiger partial charge in [0.15, 0.2) is 0 Å². The van der Waals surface area contributed by atoms with Gasteiger partial charge >= 0.3 is 5.97 Å². The monoisotopic (exact) mass is 438 g/mol. The van der Waals surface area contributed by atoms with E-state index in [2.05, 4.69) is 5.32 Å². The molecule has 1 aliphatic heterocycles. The van der Waals surface area contributed by atoms with Crippen molar-refractivity contribution < 1.29 is 23.5 Å². The third-order valence-electron chi connectivity index (χ3n) is 5.45. The third-order valence-corrected chi connectivity index (χ3v) is 5.45. The molecular weight excluding hydrogens is 411 g/mol. The predicted molar refractivity (Wildman–Crippen MR) is 118 cm³/mol. The Hall–Kier alpha value is -3.48. The largest absolute Gasteiger partial charge is 0.463 e. The van der Waals surface area contributed by atoms with Crippen molar-refractivity contribution in [3.05, 3.63) is 82.8 Å². The molecule has 2 amide bonds. The number of esters is 1. The molecule has 1 N–H and O–H groups in total. The number of amides is 2. The second-order valence-corrected chi connectivity index (χ2v) is 7.60. The van der Waals surface area contributed by atoms with Crippen molar-refractivity contribution in [1.82, 2.24) is 10.2 Å². The highest BCUT2D eigenvalue weighted by atomic mass is 19.1. The van der Waals surface area contributed by atoms with Crippen LogP contribution in [0.2, 0.25) is 0 Å². The topological polar surface area (TPSA) is 75.7 Å². The average Bonchev–Trinajstić information content (AvgIpc) is 2.77. The number of nitrogens with one attached hydrogen (secondary N) is 1. The van der Waals surface area contributed by atoms with Crippen molar-refractivity contribution in [3.8, 4) is 0 Å². The van der Waals surface area contributed by atoms with E-state index < -0.39 is 17.7 Å². The van der Waals surface area contributed by atoms with E-state index in [1.165, 1.54) is 17.0 Å². The van der Waals surface area contributed by atoms with Gasteiger partial charge in [-0.1, -0.05) is 42.5 Å². The highest BCUT2D eigenvalue weighted by Gasteiger charge is 2.37. The number of hydrogen-bond donors (Lipinski definition) is 1. The van der Waals surface area contributed by atoms with Gasteiger partial charge in [-0.3, -0.25) is 9.59 Å². The van der Waals surface area contributed by atoms with Gasteiger partial charge in [-0.15, -0.1) is 0 Å². The fourth-order valence-electron chi connectivity index (χ4n) is 3.88. The Balaban J connectivity index is 1.77. The first-order valence-electron chi connectivity index (χ1n) is 10.6. The van der Waals surface area contributed by atoms with Gasteiger partial charge in [-0.25, -0.2) is 9.18 Å². The maximum Gasteiger partial charge on any atom is 0.336 e. The Morgan fingerprint density at radius 3 is 2.59 bits per heavy atom. The normalized spacial score (nSPS) is 16.2. The van der Waals surface area contributed by atoms with E-state index in [4.69, 9.17) is 4.74 Å². The van der Waals surface area contributed by atoms with Crippen molar-refractivity contribution in [3.63, 3.8) is 0 Å². The van der Waals surface area contributed by atoms with Gasteiger partial charge in [0.05, 0.1) is 12.2 Å². The van der Waals surface area contributed by atoms with Crippen molar-refractivity contribution in [2.75, 3.05) is 19.7 Å². The number of carbonyl (C=O) groups excluding carboxylic acids is 3. The fourth-order valence-corrected chi connectivity index (χ4v) is 3.88. The number of benzene rings is 2. The zero-order valence-electron chi connectivity index (χ0n) is 18.3. The summed E-state index contributed by atoms with van der Waals surface area (Å²) in [5.74, 6) is -2.27. The molecule has 0 saturated carbocycles. The molecule has 1 heterocycles. The number of carbonyl (C=O) groups is 3. The van der Waals surface area contributed by atoms with Crippen molar-refractivity contribution in [2.45, 2.75) is 32.6 Å². The van der Waals surface area contributed by atoms with Gasteiger partial charge < -0.3 is 15.0 Å². The molecule has 32 heavy (non-hydrogen) atoms. The molecule has 6 nitrogen and oxygen atoms in total. The van der Waals surface area contributed by atoms with E-state index in [-0.39, 0.29) is 37.0 Å². The summed E-state index contributed by atoms with van der Waals surface area (Å²) in [6.07, 6.45) is 0.622. The molecule has 1 unspecified atom stereocenters. The van der Waals surface area contributed by atoms with Gasteiger partial charge in [0, 0.05) is 24.6 Å². The summed E-state index contributed by atoms with van der Waals surface area (Å²) in [6, 6.07) is 15.6. The van der Waals surface area contributed by atoms with Crippen LogP contribution in [-0.2, 0) is 25.5 Å². The summed E-state index contributed by atoms with van der Waals surface area (Å²) in [5, 5.41) is 2.82. The lowest BCUT2D eigenvalue weighted by molar-refractivity contribution is -0.141. The van der Waals surface area contributed by atoms with Crippen molar-refractivity contribution >= 4 is 17.8 Å². The molecule has 0 fully saturated rings. The zero-order chi connectivity index (χ0) is 23.1. The van der Waals surface area contributed by atoms with E-state index >= 15 is 0 Å².